The quantitative estimate of drug-likeness (QED) is 0.409. The van der Waals surface area contributed by atoms with Crippen LogP contribution in [0, 0.1) is 5.92 Å². The molecule has 1 atom stereocenters. The van der Waals surface area contributed by atoms with Crippen molar-refractivity contribution in [3.63, 3.8) is 0 Å². The summed E-state index contributed by atoms with van der Waals surface area (Å²) >= 11 is 0. The van der Waals surface area contributed by atoms with Crippen molar-refractivity contribution >= 4 is 5.97 Å². The van der Waals surface area contributed by atoms with Crippen LogP contribution in [0.1, 0.15) is 58.3 Å². The van der Waals surface area contributed by atoms with Gasteiger partial charge < -0.3 is 9.90 Å². The zero-order valence-electron chi connectivity index (χ0n) is 11.0. The van der Waals surface area contributed by atoms with E-state index >= 15 is 0 Å². The van der Waals surface area contributed by atoms with Gasteiger partial charge in [-0.2, -0.15) is 0 Å². The highest BCUT2D eigenvalue weighted by molar-refractivity contribution is 5.67. The Labute approximate surface area is 105 Å². The van der Waals surface area contributed by atoms with Crippen molar-refractivity contribution in [1.82, 2.24) is 0 Å². The minimum atomic E-state index is -0.929. The fourth-order valence-corrected chi connectivity index (χ4v) is 1.71. The van der Waals surface area contributed by atoms with Gasteiger partial charge in [-0.1, -0.05) is 38.0 Å². The van der Waals surface area contributed by atoms with E-state index < -0.39 is 5.97 Å². The molecular weight excluding hydrogens is 212 g/mol. The van der Waals surface area contributed by atoms with Gasteiger partial charge in [-0.05, 0) is 38.5 Å². The van der Waals surface area contributed by atoms with Crippen LogP contribution in [0.25, 0.3) is 0 Å². The number of carboxylic acid groups (broad SMARTS) is 1. The fraction of sp³-hybridized carbons (Fsp3) is 0.667. The maximum atomic E-state index is 10.6. The zero-order chi connectivity index (χ0) is 12.9. The van der Waals surface area contributed by atoms with Gasteiger partial charge in [-0.15, -0.1) is 6.58 Å². The smallest absolute Gasteiger partial charge is 0.0448 e. The maximum Gasteiger partial charge on any atom is 0.0448 e. The summed E-state index contributed by atoms with van der Waals surface area (Å²) in [5.41, 5.74) is 0. The van der Waals surface area contributed by atoms with Crippen LogP contribution in [0.3, 0.4) is 0 Å². The van der Waals surface area contributed by atoms with Crippen LogP contribution in [0.4, 0.5) is 0 Å². The van der Waals surface area contributed by atoms with Crippen LogP contribution in [-0.4, -0.2) is 5.97 Å². The second-order valence-electron chi connectivity index (χ2n) is 4.41. The third-order valence-corrected chi connectivity index (χ3v) is 2.94. The molecule has 0 aromatic heterocycles. The van der Waals surface area contributed by atoms with Crippen molar-refractivity contribution in [2.75, 3.05) is 0 Å². The molecule has 0 spiro atoms. The van der Waals surface area contributed by atoms with Gasteiger partial charge in [0.15, 0.2) is 0 Å². The topological polar surface area (TPSA) is 40.1 Å². The molecule has 17 heavy (non-hydrogen) atoms. The molecule has 2 nitrogen and oxygen atoms in total. The van der Waals surface area contributed by atoms with Gasteiger partial charge in [0.2, 0.25) is 0 Å². The Morgan fingerprint density at radius 3 is 2.35 bits per heavy atom. The Hall–Kier alpha value is -1.05. The van der Waals surface area contributed by atoms with E-state index in [1.807, 2.05) is 19.1 Å². The first-order valence-corrected chi connectivity index (χ1v) is 6.69. The van der Waals surface area contributed by atoms with E-state index in [0.29, 0.717) is 12.8 Å². The molecule has 0 heterocycles. The van der Waals surface area contributed by atoms with Gasteiger partial charge in [0.25, 0.3) is 0 Å². The van der Waals surface area contributed by atoms with Crippen LogP contribution >= 0.6 is 0 Å². The lowest BCUT2D eigenvalue weighted by Gasteiger charge is -2.12. The highest BCUT2D eigenvalue weighted by Gasteiger charge is 2.03. The van der Waals surface area contributed by atoms with Crippen LogP contribution in [0.15, 0.2) is 24.8 Å². The zero-order valence-corrected chi connectivity index (χ0v) is 11.0. The summed E-state index contributed by atoms with van der Waals surface area (Å²) in [5.74, 6) is -1.25. The fourth-order valence-electron chi connectivity index (χ4n) is 1.71. The minimum Gasteiger partial charge on any atom is -0.550 e. The Bertz CT molecular complexity index is 231. The lowest BCUT2D eigenvalue weighted by molar-refractivity contribution is -0.311. The molecule has 0 fully saturated rings. The normalized spacial score (nSPS) is 12.8. The van der Waals surface area contributed by atoms with E-state index in [1.165, 1.54) is 25.7 Å². The molecule has 2 heteroatoms. The summed E-state index contributed by atoms with van der Waals surface area (Å²) in [4.78, 5) is 10.6. The molecule has 0 bridgehead atoms. The molecule has 1 unspecified atom stereocenters. The lowest BCUT2D eigenvalue weighted by Crippen LogP contribution is -2.30. The highest BCUT2D eigenvalue weighted by atomic mass is 16.4. The number of hydrogen-bond donors (Lipinski definition) is 0. The lowest BCUT2D eigenvalue weighted by atomic mass is 10.0. The van der Waals surface area contributed by atoms with E-state index in [2.05, 4.69) is 12.7 Å². The van der Waals surface area contributed by atoms with Crippen molar-refractivity contribution in [2.24, 2.45) is 5.92 Å². The van der Waals surface area contributed by atoms with E-state index in [-0.39, 0.29) is 5.92 Å². The first kappa shape index (κ1) is 16.0. The number of carbonyl (C=O) groups excluding carboxylic acids is 1. The molecule has 0 aromatic rings. The SMILES string of the molecule is C=CCCCCCC/C=C/CC(CC)C(=O)[O-]. The van der Waals surface area contributed by atoms with Crippen LogP contribution in [0.5, 0.6) is 0 Å². The molecular formula is C15H25O2-. The van der Waals surface area contributed by atoms with Crippen molar-refractivity contribution < 1.29 is 9.90 Å². The third-order valence-electron chi connectivity index (χ3n) is 2.94. The van der Waals surface area contributed by atoms with Crippen LogP contribution < -0.4 is 5.11 Å². The average Bonchev–Trinajstić information content (AvgIpc) is 2.31. The van der Waals surface area contributed by atoms with Crippen LogP contribution in [0.2, 0.25) is 0 Å². The number of carboxylic acids is 1. The van der Waals surface area contributed by atoms with E-state index in [9.17, 15) is 9.90 Å². The Morgan fingerprint density at radius 2 is 1.82 bits per heavy atom. The standard InChI is InChI=1S/C15H26O2/c1-3-5-6-7-8-9-10-11-12-13-14(4-2)15(16)17/h3,11-12,14H,1,4-10,13H2,2H3,(H,16,17)/p-1/b12-11+. The Kier molecular flexibility index (Phi) is 10.7. The van der Waals surface area contributed by atoms with E-state index in [4.69, 9.17) is 0 Å². The summed E-state index contributed by atoms with van der Waals surface area (Å²) in [6.45, 7) is 5.58. The summed E-state index contributed by atoms with van der Waals surface area (Å²) < 4.78 is 0. The van der Waals surface area contributed by atoms with Gasteiger partial charge in [0, 0.05) is 11.9 Å². The molecule has 0 aliphatic carbocycles. The summed E-state index contributed by atoms with van der Waals surface area (Å²) in [7, 11) is 0. The number of aliphatic carboxylic acids is 1. The number of hydrogen-bond acceptors (Lipinski definition) is 2. The molecule has 0 radical (unpaired) electrons. The molecule has 0 saturated carbocycles. The van der Waals surface area contributed by atoms with Gasteiger partial charge in [0.1, 0.15) is 0 Å². The third kappa shape index (κ3) is 9.86. The molecule has 0 rings (SSSR count). The summed E-state index contributed by atoms with van der Waals surface area (Å²) in [6, 6.07) is 0. The minimum absolute atomic E-state index is 0.321. The summed E-state index contributed by atoms with van der Waals surface area (Å²) in [5, 5.41) is 10.6. The van der Waals surface area contributed by atoms with Gasteiger partial charge >= 0.3 is 0 Å². The maximum absolute atomic E-state index is 10.6. The van der Waals surface area contributed by atoms with E-state index in [1.54, 1.807) is 0 Å². The number of carbonyl (C=O) groups is 1. The van der Waals surface area contributed by atoms with Gasteiger partial charge in [-0.3, -0.25) is 0 Å². The first-order chi connectivity index (χ1) is 8.22. The van der Waals surface area contributed by atoms with Gasteiger partial charge in [-0.25, -0.2) is 0 Å². The van der Waals surface area contributed by atoms with Crippen LogP contribution in [-0.2, 0) is 4.79 Å². The summed E-state index contributed by atoms with van der Waals surface area (Å²) in [6.07, 6.45) is 14.4. The van der Waals surface area contributed by atoms with Crippen molar-refractivity contribution in [1.29, 1.82) is 0 Å². The second kappa shape index (κ2) is 11.4. The molecule has 98 valence electrons. The average molecular weight is 237 g/mol. The number of rotatable bonds is 11. The largest absolute Gasteiger partial charge is 0.550 e. The predicted octanol–water partition coefficient (Wildman–Crippen LogP) is 3.24. The molecule has 0 saturated heterocycles. The van der Waals surface area contributed by atoms with Crippen molar-refractivity contribution in [2.45, 2.75) is 58.3 Å². The van der Waals surface area contributed by atoms with E-state index in [0.717, 1.165) is 12.8 Å². The first-order valence-electron chi connectivity index (χ1n) is 6.69. The highest BCUT2D eigenvalue weighted by Crippen LogP contribution is 2.10. The van der Waals surface area contributed by atoms with Crippen molar-refractivity contribution in [3.05, 3.63) is 24.8 Å². The Balaban J connectivity index is 3.41. The number of allylic oxidation sites excluding steroid dienone is 3. The monoisotopic (exact) mass is 237 g/mol. The second-order valence-corrected chi connectivity index (χ2v) is 4.41. The molecule has 0 amide bonds. The molecule has 0 aliphatic heterocycles. The molecule has 0 aliphatic rings. The predicted molar refractivity (Wildman–Crippen MR) is 70.4 cm³/mol. The number of unbranched alkanes of at least 4 members (excludes halogenated alkanes) is 5. The van der Waals surface area contributed by atoms with Gasteiger partial charge in [0.05, 0.1) is 0 Å². The van der Waals surface area contributed by atoms with Crippen molar-refractivity contribution in [3.8, 4) is 0 Å². The molecule has 0 N–H and O–H groups in total. The molecule has 0 aromatic carbocycles. The Morgan fingerprint density at radius 1 is 1.18 bits per heavy atom.